The van der Waals surface area contributed by atoms with Crippen LogP contribution in [0.4, 0.5) is 30.8 Å². The van der Waals surface area contributed by atoms with Crippen LogP contribution in [0.15, 0.2) is 42.2 Å². The van der Waals surface area contributed by atoms with E-state index in [2.05, 4.69) is 57.8 Å². The van der Waals surface area contributed by atoms with E-state index >= 15 is 8.78 Å². The minimum atomic E-state index is -0.760. The van der Waals surface area contributed by atoms with Gasteiger partial charge in [0.15, 0.2) is 18.2 Å². The van der Waals surface area contributed by atoms with Gasteiger partial charge in [-0.1, -0.05) is 5.16 Å². The van der Waals surface area contributed by atoms with E-state index in [9.17, 15) is 19.2 Å². The molecule has 21 heteroatoms. The Labute approximate surface area is 410 Å². The number of ether oxygens (including phenoxy) is 1. The highest BCUT2D eigenvalue weighted by molar-refractivity contribution is 6.17. The molecule has 0 spiro atoms. The lowest BCUT2D eigenvalue weighted by Gasteiger charge is -2.39. The minimum absolute atomic E-state index is 0.0917. The van der Waals surface area contributed by atoms with E-state index in [0.29, 0.717) is 94.4 Å². The number of fused-ring (bicyclic) bond motifs is 1. The molecule has 71 heavy (non-hydrogen) atoms. The summed E-state index contributed by atoms with van der Waals surface area (Å²) in [5.74, 6) is -0.703. The van der Waals surface area contributed by atoms with Gasteiger partial charge in [-0.3, -0.25) is 24.6 Å². The Bertz CT molecular complexity index is 2700. The van der Waals surface area contributed by atoms with Gasteiger partial charge >= 0.3 is 6.09 Å². The highest BCUT2D eigenvalue weighted by Crippen LogP contribution is 2.49. The molecule has 4 amide bonds. The molecular weight excluding hydrogens is 917 g/mol. The highest BCUT2D eigenvalue weighted by atomic mass is 19.1. The number of halogens is 2. The number of benzene rings is 1. The van der Waals surface area contributed by atoms with Crippen molar-refractivity contribution in [2.75, 3.05) is 81.5 Å². The van der Waals surface area contributed by atoms with Gasteiger partial charge in [0.25, 0.3) is 5.91 Å². The molecule has 6 aliphatic rings. The summed E-state index contributed by atoms with van der Waals surface area (Å²) in [5, 5.41) is 10.5. The highest BCUT2D eigenvalue weighted by Gasteiger charge is 2.57. The molecule has 5 fully saturated rings. The summed E-state index contributed by atoms with van der Waals surface area (Å²) in [5.41, 5.74) is 8.75. The maximum Gasteiger partial charge on any atom is 0.410 e. The Morgan fingerprint density at radius 1 is 0.901 bits per heavy atom. The van der Waals surface area contributed by atoms with Gasteiger partial charge in [0.1, 0.15) is 52.6 Å². The predicted molar refractivity (Wildman–Crippen MR) is 259 cm³/mol. The second-order valence-electron chi connectivity index (χ2n) is 21.3. The number of oxime groups is 1. The summed E-state index contributed by atoms with van der Waals surface area (Å²) in [4.78, 5) is 82.5. The molecular formula is C50H63F2N13O6. The number of carbonyl (C=O) groups is 4. The molecule has 4 N–H and O–H groups in total. The number of nitrogen functional groups attached to an aromatic ring is 1. The van der Waals surface area contributed by atoms with E-state index in [0.717, 1.165) is 54.4 Å². The van der Waals surface area contributed by atoms with Crippen LogP contribution in [-0.2, 0) is 34.9 Å². The number of hydrogen-bond acceptors (Lipinski definition) is 15. The molecule has 1 saturated carbocycles. The van der Waals surface area contributed by atoms with Crippen LogP contribution in [-0.4, -0.2) is 146 Å². The minimum Gasteiger partial charge on any atom is -0.439 e. The lowest BCUT2D eigenvalue weighted by atomic mass is 9.74. The number of amides is 4. The number of nitrogens with one attached hydrogen (secondary N) is 2. The lowest BCUT2D eigenvalue weighted by molar-refractivity contribution is -0.136. The number of nitrogens with two attached hydrogens (primary N) is 1. The predicted octanol–water partition coefficient (Wildman–Crippen LogP) is 4.90. The van der Waals surface area contributed by atoms with Gasteiger partial charge < -0.3 is 39.9 Å². The summed E-state index contributed by atoms with van der Waals surface area (Å²) in [7, 11) is 0. The standard InChI is InChI=1S/C50H63F2N13O6/c1-49(2,3)65-26-34(40-44(53)56-28-57-45(40)65)42-50(4,43(71-60-42)31-5-6-31)47-54-23-32(24-55-47)30-11-15-64(16-12-30)48(69)70-27-39(67)62-13-9-29(10-14-62)25-61-17-19-63(20-18-61)41-35(51)21-33(22-36(41)52)58-37-7-8-38(66)59-46(37)68/h21-24,26,28-31,37,43,58H,5-20,25,27H2,1-4H3,(H2,53,56,57)(H,59,66,68)/t37-,43?,50?/m0/s1. The van der Waals surface area contributed by atoms with Gasteiger partial charge in [-0.05, 0) is 108 Å². The molecule has 2 unspecified atom stereocenters. The summed E-state index contributed by atoms with van der Waals surface area (Å²) < 4.78 is 38.2. The van der Waals surface area contributed by atoms with E-state index in [1.807, 2.05) is 18.6 Å². The van der Waals surface area contributed by atoms with Crippen molar-refractivity contribution < 1.29 is 37.5 Å². The number of piperazine rings is 1. The number of rotatable bonds is 11. The third kappa shape index (κ3) is 9.68. The van der Waals surface area contributed by atoms with E-state index < -0.39 is 35.1 Å². The van der Waals surface area contributed by atoms with E-state index in [-0.39, 0.29) is 60.2 Å². The molecule has 378 valence electrons. The van der Waals surface area contributed by atoms with Gasteiger partial charge in [-0.15, -0.1) is 0 Å². The molecule has 3 atom stereocenters. The van der Waals surface area contributed by atoms with Crippen LogP contribution in [0.2, 0.25) is 0 Å². The quantitative estimate of drug-likeness (QED) is 0.170. The number of piperidine rings is 3. The molecule has 10 rings (SSSR count). The van der Waals surface area contributed by atoms with Crippen LogP contribution in [0.25, 0.3) is 11.0 Å². The first-order valence-electron chi connectivity index (χ1n) is 25.0. The molecule has 4 aromatic rings. The Kier molecular flexibility index (Phi) is 13.0. The fraction of sp³-hybridized carbons (Fsp3) is 0.580. The first-order chi connectivity index (χ1) is 34.0. The third-order valence-corrected chi connectivity index (χ3v) is 15.4. The molecule has 3 aromatic heterocycles. The number of aromatic nitrogens is 5. The molecule has 4 saturated heterocycles. The number of hydrogen-bond donors (Lipinski definition) is 3. The number of likely N-dealkylation sites (tertiary alicyclic amines) is 2. The number of anilines is 3. The van der Waals surface area contributed by atoms with Crippen molar-refractivity contribution in [1.29, 1.82) is 0 Å². The molecule has 1 aromatic carbocycles. The van der Waals surface area contributed by atoms with Gasteiger partial charge in [0.05, 0.1) is 5.39 Å². The number of imide groups is 1. The van der Waals surface area contributed by atoms with Gasteiger partial charge in [0.2, 0.25) is 11.8 Å². The molecule has 5 aliphatic heterocycles. The maximum absolute atomic E-state index is 15.3. The van der Waals surface area contributed by atoms with Crippen molar-refractivity contribution in [3.05, 3.63) is 65.6 Å². The molecule has 1 aliphatic carbocycles. The largest absolute Gasteiger partial charge is 0.439 e. The zero-order valence-corrected chi connectivity index (χ0v) is 40.8. The average molecular weight is 980 g/mol. The van der Waals surface area contributed by atoms with Crippen LogP contribution >= 0.6 is 0 Å². The van der Waals surface area contributed by atoms with E-state index in [4.69, 9.17) is 30.4 Å². The summed E-state index contributed by atoms with van der Waals surface area (Å²) in [6.07, 6.45) is 12.1. The van der Waals surface area contributed by atoms with Crippen molar-refractivity contribution in [2.24, 2.45) is 17.0 Å². The van der Waals surface area contributed by atoms with Crippen molar-refractivity contribution >= 4 is 57.8 Å². The monoisotopic (exact) mass is 979 g/mol. The van der Waals surface area contributed by atoms with Gasteiger partial charge in [0, 0.05) is 101 Å². The summed E-state index contributed by atoms with van der Waals surface area (Å²) >= 11 is 0. The van der Waals surface area contributed by atoms with Crippen molar-refractivity contribution in [3.8, 4) is 0 Å². The van der Waals surface area contributed by atoms with Crippen molar-refractivity contribution in [1.82, 2.24) is 44.5 Å². The Hall–Kier alpha value is -6.51. The van der Waals surface area contributed by atoms with Crippen molar-refractivity contribution in [2.45, 2.75) is 108 Å². The van der Waals surface area contributed by atoms with Crippen LogP contribution in [0.5, 0.6) is 0 Å². The van der Waals surface area contributed by atoms with Crippen LogP contribution < -0.4 is 21.3 Å². The van der Waals surface area contributed by atoms with Gasteiger partial charge in [-0.25, -0.2) is 33.5 Å². The molecule has 19 nitrogen and oxygen atoms in total. The summed E-state index contributed by atoms with van der Waals surface area (Å²) in [6, 6.07) is 1.64. The van der Waals surface area contributed by atoms with Crippen molar-refractivity contribution in [3.63, 3.8) is 0 Å². The number of carbonyl (C=O) groups excluding carboxylic acids is 4. The second kappa shape index (κ2) is 19.2. The van der Waals surface area contributed by atoms with Gasteiger partial charge in [-0.2, -0.15) is 0 Å². The zero-order valence-electron chi connectivity index (χ0n) is 40.8. The Morgan fingerprint density at radius 2 is 1.58 bits per heavy atom. The average Bonchev–Trinajstić information content (AvgIpc) is 4.02. The number of nitrogens with zero attached hydrogens (tertiary/aromatic N) is 10. The van der Waals surface area contributed by atoms with Crippen LogP contribution in [0.1, 0.15) is 102 Å². The summed E-state index contributed by atoms with van der Waals surface area (Å²) in [6.45, 7) is 13.2. The van der Waals surface area contributed by atoms with E-state index in [1.165, 1.54) is 18.5 Å². The lowest BCUT2D eigenvalue weighted by Crippen LogP contribution is -2.50. The van der Waals surface area contributed by atoms with E-state index in [1.54, 1.807) is 14.7 Å². The smallest absolute Gasteiger partial charge is 0.410 e. The SMILES string of the molecule is CC1(c2ncc(C3CCN(C(=O)OCC(=O)N4CCC(CN5CCN(c6c(F)cc(N[C@H]7CCC(=O)NC7=O)cc6F)CC5)CC4)CC3)cn2)C(c2cn(C(C)(C)C)c3ncnc(N)c23)=NOC1C1CC1. The first-order valence-corrected chi connectivity index (χ1v) is 25.0. The van der Waals surface area contributed by atoms with Crippen LogP contribution in [0.3, 0.4) is 0 Å². The topological polar surface area (TPSA) is 219 Å². The molecule has 8 heterocycles. The second-order valence-corrected chi connectivity index (χ2v) is 21.3. The third-order valence-electron chi connectivity index (χ3n) is 15.4. The zero-order chi connectivity index (χ0) is 49.8. The van der Waals surface area contributed by atoms with Crippen LogP contribution in [0, 0.1) is 23.5 Å². The normalized spacial score (nSPS) is 24.0. The first kappa shape index (κ1) is 48.1. The Morgan fingerprint density at radius 3 is 2.23 bits per heavy atom. The molecule has 0 radical (unpaired) electrons. The fourth-order valence-corrected chi connectivity index (χ4v) is 11.1. The maximum atomic E-state index is 15.3. The Balaban J connectivity index is 0.666. The fourth-order valence-electron chi connectivity index (χ4n) is 11.1. The molecule has 0 bridgehead atoms.